The molecular weight excluding hydrogens is 374 g/mol. The number of benzene rings is 1. The Kier molecular flexibility index (Phi) is 11.5. The van der Waals surface area contributed by atoms with Crippen LogP contribution in [0.3, 0.4) is 0 Å². The van der Waals surface area contributed by atoms with Gasteiger partial charge in [-0.15, -0.1) is 0 Å². The summed E-state index contributed by atoms with van der Waals surface area (Å²) < 4.78 is 5.58. The second-order valence-corrected chi connectivity index (χ2v) is 9.00. The van der Waals surface area contributed by atoms with Crippen molar-refractivity contribution in [1.82, 2.24) is 0 Å². The number of nitrogens with two attached hydrogens (primary N) is 1. The molecule has 1 aromatic carbocycles. The first kappa shape index (κ1) is 24.9. The van der Waals surface area contributed by atoms with Crippen molar-refractivity contribution in [1.29, 1.82) is 0 Å². The first-order chi connectivity index (χ1) is 14.5. The SMILES string of the molecule is CC(C)OCCCCCCCC1C(N)CC(O)C1CCC(O)C#Cc1ccccc1. The van der Waals surface area contributed by atoms with E-state index in [1.165, 1.54) is 19.3 Å². The zero-order valence-corrected chi connectivity index (χ0v) is 18.8. The Morgan fingerprint density at radius 2 is 1.73 bits per heavy atom. The molecule has 0 amide bonds. The summed E-state index contributed by atoms with van der Waals surface area (Å²) >= 11 is 0. The summed E-state index contributed by atoms with van der Waals surface area (Å²) in [6, 6.07) is 9.78. The van der Waals surface area contributed by atoms with Crippen LogP contribution >= 0.6 is 0 Å². The van der Waals surface area contributed by atoms with E-state index in [0.29, 0.717) is 24.9 Å². The van der Waals surface area contributed by atoms with E-state index in [4.69, 9.17) is 10.5 Å². The lowest BCUT2D eigenvalue weighted by atomic mass is 9.84. The van der Waals surface area contributed by atoms with Crippen molar-refractivity contribution in [3.63, 3.8) is 0 Å². The molecule has 1 fully saturated rings. The molecule has 0 aliphatic heterocycles. The number of aliphatic hydroxyl groups excluding tert-OH is 2. The number of unbranched alkanes of at least 4 members (excludes halogenated alkanes) is 4. The van der Waals surface area contributed by atoms with Crippen LogP contribution in [0.5, 0.6) is 0 Å². The van der Waals surface area contributed by atoms with Gasteiger partial charge in [0.25, 0.3) is 0 Å². The predicted octanol–water partition coefficient (Wildman–Crippen LogP) is 4.27. The van der Waals surface area contributed by atoms with Gasteiger partial charge in [-0.05, 0) is 69.9 Å². The van der Waals surface area contributed by atoms with Gasteiger partial charge >= 0.3 is 0 Å². The summed E-state index contributed by atoms with van der Waals surface area (Å²) in [6.07, 6.45) is 8.33. The minimum Gasteiger partial charge on any atom is -0.393 e. The highest BCUT2D eigenvalue weighted by Gasteiger charge is 2.39. The molecule has 0 aromatic heterocycles. The molecule has 2 rings (SSSR count). The molecule has 0 saturated heterocycles. The lowest BCUT2D eigenvalue weighted by molar-refractivity contribution is 0.0755. The van der Waals surface area contributed by atoms with Crippen LogP contribution < -0.4 is 5.73 Å². The second-order valence-electron chi connectivity index (χ2n) is 9.00. The van der Waals surface area contributed by atoms with Crippen molar-refractivity contribution in [2.24, 2.45) is 17.6 Å². The Morgan fingerprint density at radius 3 is 2.47 bits per heavy atom. The topological polar surface area (TPSA) is 75.7 Å². The Bertz CT molecular complexity index is 637. The van der Waals surface area contributed by atoms with Gasteiger partial charge in [-0.3, -0.25) is 0 Å². The van der Waals surface area contributed by atoms with Gasteiger partial charge in [-0.25, -0.2) is 0 Å². The zero-order valence-electron chi connectivity index (χ0n) is 18.8. The third-order valence-electron chi connectivity index (χ3n) is 6.17. The second kappa shape index (κ2) is 13.8. The number of hydrogen-bond donors (Lipinski definition) is 3. The molecule has 1 saturated carbocycles. The Balaban J connectivity index is 1.69. The molecule has 1 aromatic rings. The third kappa shape index (κ3) is 9.18. The van der Waals surface area contributed by atoms with Crippen LogP contribution in [0.4, 0.5) is 0 Å². The monoisotopic (exact) mass is 415 g/mol. The molecule has 0 heterocycles. The summed E-state index contributed by atoms with van der Waals surface area (Å²) in [5, 5.41) is 20.7. The minimum atomic E-state index is -0.664. The van der Waals surface area contributed by atoms with E-state index in [-0.39, 0.29) is 18.1 Å². The zero-order chi connectivity index (χ0) is 21.8. The first-order valence-corrected chi connectivity index (χ1v) is 11.8. The van der Waals surface area contributed by atoms with E-state index >= 15 is 0 Å². The van der Waals surface area contributed by atoms with Gasteiger partial charge in [0.05, 0.1) is 12.2 Å². The maximum atomic E-state index is 10.5. The summed E-state index contributed by atoms with van der Waals surface area (Å²) in [4.78, 5) is 0. The summed E-state index contributed by atoms with van der Waals surface area (Å²) in [7, 11) is 0. The minimum absolute atomic E-state index is 0.0667. The van der Waals surface area contributed by atoms with Crippen molar-refractivity contribution in [2.45, 2.75) is 96.0 Å². The van der Waals surface area contributed by atoms with E-state index in [1.807, 2.05) is 30.3 Å². The fraction of sp³-hybridized carbons (Fsp3) is 0.692. The van der Waals surface area contributed by atoms with Crippen LogP contribution in [0.1, 0.15) is 77.2 Å². The lowest BCUT2D eigenvalue weighted by Crippen LogP contribution is -2.28. The average molecular weight is 416 g/mol. The van der Waals surface area contributed by atoms with Gasteiger partial charge in [-0.2, -0.15) is 0 Å². The highest BCUT2D eigenvalue weighted by Crippen LogP contribution is 2.38. The molecule has 0 radical (unpaired) electrons. The molecule has 1 aliphatic carbocycles. The highest BCUT2D eigenvalue weighted by molar-refractivity contribution is 5.34. The Labute approximate surface area is 183 Å². The number of ether oxygens (including phenoxy) is 1. The van der Waals surface area contributed by atoms with Crippen LogP contribution in [0.25, 0.3) is 0 Å². The molecule has 0 bridgehead atoms. The third-order valence-corrected chi connectivity index (χ3v) is 6.17. The van der Waals surface area contributed by atoms with Crippen LogP contribution in [-0.4, -0.2) is 41.2 Å². The summed E-state index contributed by atoms with van der Waals surface area (Å²) in [5.74, 6) is 6.47. The molecule has 4 N–H and O–H groups in total. The Hall–Kier alpha value is -1.38. The van der Waals surface area contributed by atoms with Gasteiger partial charge in [0.2, 0.25) is 0 Å². The number of hydrogen-bond acceptors (Lipinski definition) is 4. The van der Waals surface area contributed by atoms with Crippen LogP contribution in [0.15, 0.2) is 30.3 Å². The molecule has 5 unspecified atom stereocenters. The van der Waals surface area contributed by atoms with Crippen molar-refractivity contribution in [3.05, 3.63) is 35.9 Å². The maximum Gasteiger partial charge on any atom is 0.115 e. The maximum absolute atomic E-state index is 10.5. The first-order valence-electron chi connectivity index (χ1n) is 11.8. The smallest absolute Gasteiger partial charge is 0.115 e. The van der Waals surface area contributed by atoms with Crippen molar-refractivity contribution < 1.29 is 14.9 Å². The number of rotatable bonds is 12. The van der Waals surface area contributed by atoms with Gasteiger partial charge in [0.1, 0.15) is 6.10 Å². The van der Waals surface area contributed by atoms with Gasteiger partial charge in [0, 0.05) is 18.2 Å². The molecule has 4 nitrogen and oxygen atoms in total. The standard InChI is InChI=1S/C26H41NO3/c1-20(2)30-18-10-5-3-4-9-13-23-24(26(29)19-25(23)27)17-16-22(28)15-14-21-11-7-6-8-12-21/h6-8,11-12,20,22-26,28-29H,3-5,9-10,13,16-19,27H2,1-2H3. The van der Waals surface area contributed by atoms with Crippen LogP contribution in [0, 0.1) is 23.7 Å². The summed E-state index contributed by atoms with van der Waals surface area (Å²) in [5.41, 5.74) is 7.25. The van der Waals surface area contributed by atoms with E-state index in [0.717, 1.165) is 37.9 Å². The normalized spacial score (nSPS) is 24.6. The van der Waals surface area contributed by atoms with E-state index in [9.17, 15) is 10.2 Å². The largest absolute Gasteiger partial charge is 0.393 e. The molecule has 30 heavy (non-hydrogen) atoms. The van der Waals surface area contributed by atoms with Crippen molar-refractivity contribution in [2.75, 3.05) is 6.61 Å². The van der Waals surface area contributed by atoms with Gasteiger partial charge < -0.3 is 20.7 Å². The number of aliphatic hydroxyl groups is 2. The fourth-order valence-electron chi connectivity index (χ4n) is 4.51. The van der Waals surface area contributed by atoms with Crippen LogP contribution in [-0.2, 0) is 4.74 Å². The predicted molar refractivity (Wildman–Crippen MR) is 123 cm³/mol. The van der Waals surface area contributed by atoms with Crippen LogP contribution in [0.2, 0.25) is 0 Å². The summed E-state index contributed by atoms with van der Waals surface area (Å²) in [6.45, 7) is 5.00. The van der Waals surface area contributed by atoms with Crippen molar-refractivity contribution >= 4 is 0 Å². The van der Waals surface area contributed by atoms with Gasteiger partial charge in [-0.1, -0.05) is 55.7 Å². The molecule has 5 atom stereocenters. The molecule has 168 valence electrons. The Morgan fingerprint density at radius 1 is 1.03 bits per heavy atom. The molecule has 4 heteroatoms. The molecule has 0 spiro atoms. The van der Waals surface area contributed by atoms with Crippen molar-refractivity contribution in [3.8, 4) is 11.8 Å². The quantitative estimate of drug-likeness (QED) is 0.352. The lowest BCUT2D eigenvalue weighted by Gasteiger charge is -2.24. The van der Waals surface area contributed by atoms with E-state index < -0.39 is 6.10 Å². The molecule has 1 aliphatic rings. The van der Waals surface area contributed by atoms with E-state index in [1.54, 1.807) is 0 Å². The molecular formula is C26H41NO3. The fourth-order valence-corrected chi connectivity index (χ4v) is 4.51. The highest BCUT2D eigenvalue weighted by atomic mass is 16.5. The average Bonchev–Trinajstić information content (AvgIpc) is 2.99. The van der Waals surface area contributed by atoms with E-state index in [2.05, 4.69) is 25.7 Å². The van der Waals surface area contributed by atoms with Gasteiger partial charge in [0.15, 0.2) is 0 Å².